The zero-order chi connectivity index (χ0) is 13.1. The molecule has 0 aliphatic carbocycles. The van der Waals surface area contributed by atoms with Crippen molar-refractivity contribution in [3.63, 3.8) is 0 Å². The number of thiophene rings is 1. The van der Waals surface area contributed by atoms with Gasteiger partial charge in [-0.2, -0.15) is 11.3 Å². The van der Waals surface area contributed by atoms with Gasteiger partial charge in [0.15, 0.2) is 0 Å². The minimum Gasteiger partial charge on any atom is -0.398 e. The van der Waals surface area contributed by atoms with Crippen LogP contribution in [0.15, 0.2) is 35.0 Å². The van der Waals surface area contributed by atoms with E-state index >= 15 is 0 Å². The second kappa shape index (κ2) is 5.18. The Morgan fingerprint density at radius 3 is 2.89 bits per heavy atom. The van der Waals surface area contributed by atoms with E-state index in [1.807, 2.05) is 23.8 Å². The first kappa shape index (κ1) is 12.6. The third-order valence-corrected chi connectivity index (χ3v) is 3.35. The first-order valence-electron chi connectivity index (χ1n) is 5.46. The second-order valence-corrected chi connectivity index (χ2v) is 4.76. The maximum Gasteiger partial charge on any atom is 0.253 e. The largest absolute Gasteiger partial charge is 0.398 e. The third kappa shape index (κ3) is 2.68. The molecule has 1 heterocycles. The first-order chi connectivity index (χ1) is 8.58. The Kier molecular flexibility index (Phi) is 3.62. The lowest BCUT2D eigenvalue weighted by molar-refractivity contribution is 0.0940. The number of rotatable bonds is 3. The van der Waals surface area contributed by atoms with Crippen LogP contribution in [0, 0.1) is 5.82 Å². The molecule has 1 unspecified atom stereocenters. The average molecular weight is 264 g/mol. The minimum absolute atomic E-state index is 0.133. The highest BCUT2D eigenvalue weighted by Gasteiger charge is 2.14. The Morgan fingerprint density at radius 1 is 1.44 bits per heavy atom. The Morgan fingerprint density at radius 2 is 2.22 bits per heavy atom. The molecule has 0 aliphatic rings. The van der Waals surface area contributed by atoms with E-state index in [0.29, 0.717) is 0 Å². The van der Waals surface area contributed by atoms with Crippen molar-refractivity contribution in [2.24, 2.45) is 0 Å². The van der Waals surface area contributed by atoms with E-state index in [4.69, 9.17) is 5.73 Å². The number of carbonyl (C=O) groups is 1. The van der Waals surface area contributed by atoms with Gasteiger partial charge in [0.25, 0.3) is 5.91 Å². The van der Waals surface area contributed by atoms with E-state index < -0.39 is 5.82 Å². The zero-order valence-corrected chi connectivity index (χ0v) is 10.6. The molecular weight excluding hydrogens is 251 g/mol. The van der Waals surface area contributed by atoms with Crippen molar-refractivity contribution >= 4 is 22.9 Å². The summed E-state index contributed by atoms with van der Waals surface area (Å²) in [7, 11) is 0. The summed E-state index contributed by atoms with van der Waals surface area (Å²) in [5, 5.41) is 6.68. The summed E-state index contributed by atoms with van der Waals surface area (Å²) in [6.07, 6.45) is 0. The van der Waals surface area contributed by atoms with Crippen molar-refractivity contribution in [3.05, 3.63) is 52.0 Å². The van der Waals surface area contributed by atoms with Gasteiger partial charge in [0.2, 0.25) is 0 Å². The van der Waals surface area contributed by atoms with Crippen LogP contribution in [0.2, 0.25) is 0 Å². The number of nitrogens with one attached hydrogen (secondary N) is 1. The van der Waals surface area contributed by atoms with E-state index in [0.717, 1.165) is 11.6 Å². The molecule has 0 aliphatic heterocycles. The third-order valence-electron chi connectivity index (χ3n) is 2.65. The summed E-state index contributed by atoms with van der Waals surface area (Å²) in [6.45, 7) is 1.87. The molecular formula is C13H13FN2OS. The fourth-order valence-electron chi connectivity index (χ4n) is 1.60. The highest BCUT2D eigenvalue weighted by molar-refractivity contribution is 7.07. The van der Waals surface area contributed by atoms with Gasteiger partial charge in [-0.25, -0.2) is 4.39 Å². The van der Waals surface area contributed by atoms with Gasteiger partial charge >= 0.3 is 0 Å². The lowest BCUT2D eigenvalue weighted by Crippen LogP contribution is -2.27. The number of amides is 1. The Hall–Kier alpha value is -1.88. The number of carbonyl (C=O) groups excluding carboxylic acids is 1. The van der Waals surface area contributed by atoms with Crippen molar-refractivity contribution in [2.75, 3.05) is 5.73 Å². The molecule has 1 amide bonds. The van der Waals surface area contributed by atoms with Crippen molar-refractivity contribution in [3.8, 4) is 0 Å². The van der Waals surface area contributed by atoms with Gasteiger partial charge in [-0.15, -0.1) is 0 Å². The van der Waals surface area contributed by atoms with Gasteiger partial charge in [0, 0.05) is 5.69 Å². The van der Waals surface area contributed by atoms with Crippen LogP contribution in [-0.2, 0) is 0 Å². The van der Waals surface area contributed by atoms with Gasteiger partial charge in [0.1, 0.15) is 5.82 Å². The van der Waals surface area contributed by atoms with Crippen LogP contribution < -0.4 is 11.1 Å². The van der Waals surface area contributed by atoms with E-state index in [9.17, 15) is 9.18 Å². The first-order valence-corrected chi connectivity index (χ1v) is 6.40. The smallest absolute Gasteiger partial charge is 0.253 e. The van der Waals surface area contributed by atoms with Crippen LogP contribution in [-0.4, -0.2) is 5.91 Å². The predicted octanol–water partition coefficient (Wildman–Crippen LogP) is 2.96. The van der Waals surface area contributed by atoms with Crippen molar-refractivity contribution in [2.45, 2.75) is 13.0 Å². The van der Waals surface area contributed by atoms with Gasteiger partial charge in [0.05, 0.1) is 11.6 Å². The molecule has 2 aromatic rings. The van der Waals surface area contributed by atoms with Crippen molar-refractivity contribution in [1.29, 1.82) is 0 Å². The molecule has 3 nitrogen and oxygen atoms in total. The zero-order valence-electron chi connectivity index (χ0n) is 9.81. The maximum absolute atomic E-state index is 13.1. The molecule has 5 heteroatoms. The molecule has 1 aromatic heterocycles. The fraction of sp³-hybridized carbons (Fsp3) is 0.154. The number of hydrogen-bond acceptors (Lipinski definition) is 3. The van der Waals surface area contributed by atoms with Gasteiger partial charge in [-0.1, -0.05) is 0 Å². The monoisotopic (exact) mass is 264 g/mol. The maximum atomic E-state index is 13.1. The van der Waals surface area contributed by atoms with E-state index in [1.165, 1.54) is 12.1 Å². The summed E-state index contributed by atoms with van der Waals surface area (Å²) in [5.41, 5.74) is 7.11. The molecule has 3 N–H and O–H groups in total. The van der Waals surface area contributed by atoms with Crippen LogP contribution in [0.4, 0.5) is 10.1 Å². The normalized spacial score (nSPS) is 12.1. The highest BCUT2D eigenvalue weighted by atomic mass is 32.1. The molecule has 94 valence electrons. The quantitative estimate of drug-likeness (QED) is 0.837. The summed E-state index contributed by atoms with van der Waals surface area (Å²) in [5.74, 6) is -0.844. The van der Waals surface area contributed by atoms with E-state index in [-0.39, 0.29) is 23.2 Å². The number of anilines is 1. The molecule has 0 saturated heterocycles. The van der Waals surface area contributed by atoms with Gasteiger partial charge < -0.3 is 11.1 Å². The summed E-state index contributed by atoms with van der Waals surface area (Å²) >= 11 is 1.56. The standard InChI is InChI=1S/C13H13FN2OS/c1-8(9-4-5-18-7-9)16-13(17)11-6-10(14)2-3-12(11)15/h2-8H,15H2,1H3,(H,16,17). The lowest BCUT2D eigenvalue weighted by atomic mass is 10.1. The molecule has 0 bridgehead atoms. The molecule has 0 spiro atoms. The number of hydrogen-bond donors (Lipinski definition) is 2. The van der Waals surface area contributed by atoms with Crippen LogP contribution in [0.25, 0.3) is 0 Å². The molecule has 1 atom stereocenters. The molecule has 0 radical (unpaired) electrons. The molecule has 18 heavy (non-hydrogen) atoms. The molecule has 2 rings (SSSR count). The topological polar surface area (TPSA) is 55.1 Å². The SMILES string of the molecule is CC(NC(=O)c1cc(F)ccc1N)c1ccsc1. The number of halogens is 1. The second-order valence-electron chi connectivity index (χ2n) is 3.98. The van der Waals surface area contributed by atoms with Crippen molar-refractivity contribution < 1.29 is 9.18 Å². The Balaban J connectivity index is 2.15. The van der Waals surface area contributed by atoms with Crippen molar-refractivity contribution in [1.82, 2.24) is 5.32 Å². The van der Waals surface area contributed by atoms with Crippen LogP contribution in [0.1, 0.15) is 28.9 Å². The lowest BCUT2D eigenvalue weighted by Gasteiger charge is -2.13. The van der Waals surface area contributed by atoms with E-state index in [2.05, 4.69) is 5.32 Å². The molecule has 0 saturated carbocycles. The van der Waals surface area contributed by atoms with E-state index in [1.54, 1.807) is 11.3 Å². The van der Waals surface area contributed by atoms with Crippen LogP contribution >= 0.6 is 11.3 Å². The molecule has 1 aromatic carbocycles. The average Bonchev–Trinajstić information content (AvgIpc) is 2.85. The number of nitrogen functional groups attached to an aromatic ring is 1. The molecule has 0 fully saturated rings. The van der Waals surface area contributed by atoms with Gasteiger partial charge in [-0.05, 0) is 47.5 Å². The van der Waals surface area contributed by atoms with Gasteiger partial charge in [-0.3, -0.25) is 4.79 Å². The number of nitrogens with two attached hydrogens (primary N) is 1. The number of benzene rings is 1. The predicted molar refractivity (Wildman–Crippen MR) is 71.0 cm³/mol. The highest BCUT2D eigenvalue weighted by Crippen LogP contribution is 2.18. The van der Waals surface area contributed by atoms with Crippen LogP contribution in [0.5, 0.6) is 0 Å². The Bertz CT molecular complexity index is 554. The van der Waals surface area contributed by atoms with Crippen LogP contribution in [0.3, 0.4) is 0 Å². The summed E-state index contributed by atoms with van der Waals surface area (Å²) in [6, 6.07) is 5.56. The minimum atomic E-state index is -0.475. The summed E-state index contributed by atoms with van der Waals surface area (Å²) < 4.78 is 13.1. The Labute approximate surface area is 108 Å². The summed E-state index contributed by atoms with van der Waals surface area (Å²) in [4.78, 5) is 12.0. The fourth-order valence-corrected chi connectivity index (χ4v) is 2.36.